The van der Waals surface area contributed by atoms with Crippen molar-refractivity contribution < 1.29 is 23.9 Å². The second-order valence-corrected chi connectivity index (χ2v) is 7.41. The van der Waals surface area contributed by atoms with Crippen LogP contribution in [0.25, 0.3) is 0 Å². The first-order chi connectivity index (χ1) is 10.8. The highest BCUT2D eigenvalue weighted by molar-refractivity contribution is 5.99. The van der Waals surface area contributed by atoms with Crippen molar-refractivity contribution in [3.63, 3.8) is 0 Å². The van der Waals surface area contributed by atoms with E-state index in [-0.39, 0.29) is 6.42 Å². The number of ether oxygens (including phenoxy) is 2. The van der Waals surface area contributed by atoms with Crippen molar-refractivity contribution in [2.24, 2.45) is 0 Å². The van der Waals surface area contributed by atoms with Gasteiger partial charge in [0.15, 0.2) is 0 Å². The van der Waals surface area contributed by atoms with Crippen molar-refractivity contribution in [3.8, 4) is 11.8 Å². The largest absolute Gasteiger partial charge is 0.458 e. The van der Waals surface area contributed by atoms with Crippen molar-refractivity contribution in [2.45, 2.75) is 85.0 Å². The monoisotopic (exact) mass is 339 g/mol. The van der Waals surface area contributed by atoms with E-state index in [1.165, 1.54) is 0 Å². The van der Waals surface area contributed by atoms with Gasteiger partial charge in [-0.15, -0.1) is 0 Å². The molecule has 0 fully saturated rings. The van der Waals surface area contributed by atoms with Crippen LogP contribution in [-0.4, -0.2) is 35.1 Å². The van der Waals surface area contributed by atoms with E-state index in [2.05, 4.69) is 17.2 Å². The Bertz CT molecular complexity index is 514. The molecule has 0 aromatic carbocycles. The highest BCUT2D eigenvalue weighted by Crippen LogP contribution is 2.12. The third-order valence-electron chi connectivity index (χ3n) is 2.37. The summed E-state index contributed by atoms with van der Waals surface area (Å²) in [4.78, 5) is 36.0. The van der Waals surface area contributed by atoms with Crippen molar-refractivity contribution >= 4 is 17.8 Å². The molecule has 24 heavy (non-hydrogen) atoms. The van der Waals surface area contributed by atoms with Crippen molar-refractivity contribution in [3.05, 3.63) is 0 Å². The van der Waals surface area contributed by atoms with Crippen LogP contribution in [0.3, 0.4) is 0 Å². The quantitative estimate of drug-likeness (QED) is 0.473. The smallest absolute Gasteiger partial charge is 0.408 e. The lowest BCUT2D eigenvalue weighted by Gasteiger charge is -2.25. The van der Waals surface area contributed by atoms with Gasteiger partial charge >= 0.3 is 12.1 Å². The Morgan fingerprint density at radius 1 is 1.00 bits per heavy atom. The van der Waals surface area contributed by atoms with Crippen LogP contribution in [0.4, 0.5) is 4.79 Å². The fraction of sp³-hybridized carbons (Fsp3) is 0.722. The Morgan fingerprint density at radius 2 is 1.54 bits per heavy atom. The van der Waals surface area contributed by atoms with Gasteiger partial charge in [0.25, 0.3) is 0 Å². The summed E-state index contributed by atoms with van der Waals surface area (Å²) >= 11 is 0. The number of nitrogens with one attached hydrogen (secondary N) is 1. The van der Waals surface area contributed by atoms with Crippen LogP contribution in [0.5, 0.6) is 0 Å². The SMILES string of the molecule is CCCC#CC(=O)C[C@H](NC(=O)OC(C)(C)C)C(=O)OC(C)(C)C. The topological polar surface area (TPSA) is 81.7 Å². The number of Topliss-reactive ketones (excluding diaryl/α,β-unsaturated/α-hetero) is 1. The Morgan fingerprint density at radius 3 is 2.00 bits per heavy atom. The summed E-state index contributed by atoms with van der Waals surface area (Å²) < 4.78 is 10.4. The van der Waals surface area contributed by atoms with E-state index in [0.717, 1.165) is 6.42 Å². The first kappa shape index (κ1) is 22.0. The summed E-state index contributed by atoms with van der Waals surface area (Å²) in [6, 6.07) is -1.14. The summed E-state index contributed by atoms with van der Waals surface area (Å²) in [5, 5.41) is 2.39. The van der Waals surface area contributed by atoms with Crippen molar-refractivity contribution in [1.29, 1.82) is 0 Å². The van der Waals surface area contributed by atoms with Gasteiger partial charge < -0.3 is 14.8 Å². The summed E-state index contributed by atoms with van der Waals surface area (Å²) in [6.45, 7) is 12.2. The normalized spacial score (nSPS) is 12.5. The first-order valence-corrected chi connectivity index (χ1v) is 8.08. The molecule has 0 bridgehead atoms. The van der Waals surface area contributed by atoms with Crippen LogP contribution >= 0.6 is 0 Å². The zero-order chi connectivity index (χ0) is 19.0. The molecular formula is C18H29NO5. The number of esters is 1. The van der Waals surface area contributed by atoms with E-state index in [0.29, 0.717) is 6.42 Å². The van der Waals surface area contributed by atoms with E-state index in [4.69, 9.17) is 9.47 Å². The van der Waals surface area contributed by atoms with Crippen LogP contribution in [0.1, 0.15) is 67.7 Å². The summed E-state index contributed by atoms with van der Waals surface area (Å²) in [6.07, 6.45) is 0.395. The molecule has 0 aromatic heterocycles. The number of ketones is 1. The molecule has 0 saturated heterocycles. The predicted molar refractivity (Wildman–Crippen MR) is 91.3 cm³/mol. The molecule has 0 aliphatic carbocycles. The van der Waals surface area contributed by atoms with Gasteiger partial charge in [0.05, 0.1) is 0 Å². The minimum Gasteiger partial charge on any atom is -0.458 e. The van der Waals surface area contributed by atoms with Gasteiger partial charge in [0.1, 0.15) is 17.2 Å². The maximum absolute atomic E-state index is 12.2. The summed E-state index contributed by atoms with van der Waals surface area (Å²) in [5.41, 5.74) is -1.45. The molecule has 0 aliphatic rings. The highest BCUT2D eigenvalue weighted by atomic mass is 16.6. The van der Waals surface area contributed by atoms with Crippen LogP contribution in [0.15, 0.2) is 0 Å². The van der Waals surface area contributed by atoms with E-state index in [1.54, 1.807) is 41.5 Å². The van der Waals surface area contributed by atoms with Crippen LogP contribution in [-0.2, 0) is 19.1 Å². The summed E-state index contributed by atoms with van der Waals surface area (Å²) in [5.74, 6) is 4.06. The summed E-state index contributed by atoms with van der Waals surface area (Å²) in [7, 11) is 0. The highest BCUT2D eigenvalue weighted by Gasteiger charge is 2.30. The molecule has 6 heteroatoms. The maximum Gasteiger partial charge on any atom is 0.408 e. The zero-order valence-corrected chi connectivity index (χ0v) is 15.7. The zero-order valence-electron chi connectivity index (χ0n) is 15.7. The predicted octanol–water partition coefficient (Wildman–Crippen LogP) is 2.98. The minimum atomic E-state index is -1.14. The van der Waals surface area contributed by atoms with Crippen molar-refractivity contribution in [2.75, 3.05) is 0 Å². The maximum atomic E-state index is 12.2. The number of alkyl carbamates (subject to hydrolysis) is 1. The average molecular weight is 339 g/mol. The fourth-order valence-corrected chi connectivity index (χ4v) is 1.54. The fourth-order valence-electron chi connectivity index (χ4n) is 1.54. The third kappa shape index (κ3) is 11.5. The number of carbonyl (C=O) groups is 3. The molecule has 0 saturated carbocycles. The number of carbonyl (C=O) groups excluding carboxylic acids is 3. The molecule has 1 atom stereocenters. The second kappa shape index (κ2) is 9.31. The van der Waals surface area contributed by atoms with Gasteiger partial charge in [-0.25, -0.2) is 9.59 Å². The Balaban J connectivity index is 5.03. The number of hydrogen-bond acceptors (Lipinski definition) is 5. The molecule has 1 N–H and O–H groups in total. The van der Waals surface area contributed by atoms with E-state index in [9.17, 15) is 14.4 Å². The molecule has 136 valence electrons. The Labute approximate surface area is 144 Å². The first-order valence-electron chi connectivity index (χ1n) is 8.08. The molecule has 0 unspecified atom stereocenters. The lowest BCUT2D eigenvalue weighted by molar-refractivity contribution is -0.158. The second-order valence-electron chi connectivity index (χ2n) is 7.41. The molecule has 0 aromatic rings. The number of rotatable bonds is 5. The minimum absolute atomic E-state index is 0.259. The molecule has 0 aliphatic heterocycles. The van der Waals surface area contributed by atoms with Gasteiger partial charge in [-0.05, 0) is 53.9 Å². The standard InChI is InChI=1S/C18H29NO5/c1-8-9-10-11-13(20)12-14(15(21)23-17(2,3)4)19-16(22)24-18(5,6)7/h14H,8-9,12H2,1-7H3,(H,19,22)/t14-/m0/s1. The average Bonchev–Trinajstić information content (AvgIpc) is 2.33. The number of unbranched alkanes of at least 4 members (excludes halogenated alkanes) is 1. The van der Waals surface area contributed by atoms with Gasteiger partial charge in [-0.3, -0.25) is 4.79 Å². The van der Waals surface area contributed by atoms with Gasteiger partial charge in [0, 0.05) is 12.8 Å². The molecule has 0 rings (SSSR count). The Kier molecular flexibility index (Phi) is 8.52. The van der Waals surface area contributed by atoms with E-state index in [1.807, 2.05) is 6.92 Å². The van der Waals surface area contributed by atoms with Gasteiger partial charge in [-0.2, -0.15) is 0 Å². The van der Waals surface area contributed by atoms with Crippen LogP contribution < -0.4 is 5.32 Å². The molecule has 1 amide bonds. The van der Waals surface area contributed by atoms with Gasteiger partial charge in [-0.1, -0.05) is 12.8 Å². The third-order valence-corrected chi connectivity index (χ3v) is 2.37. The molecular weight excluding hydrogens is 310 g/mol. The van der Waals surface area contributed by atoms with Gasteiger partial charge in [0.2, 0.25) is 5.78 Å². The molecule has 6 nitrogen and oxygen atoms in total. The van der Waals surface area contributed by atoms with E-state index < -0.39 is 35.1 Å². The van der Waals surface area contributed by atoms with Crippen molar-refractivity contribution in [1.82, 2.24) is 5.32 Å². The molecule has 0 radical (unpaired) electrons. The van der Waals surface area contributed by atoms with E-state index >= 15 is 0 Å². The lowest BCUT2D eigenvalue weighted by Crippen LogP contribution is -2.46. The molecule has 0 spiro atoms. The number of amides is 1. The molecule has 0 heterocycles. The van der Waals surface area contributed by atoms with Crippen LogP contribution in [0, 0.1) is 11.8 Å². The number of hydrogen-bond donors (Lipinski definition) is 1. The Hall–Kier alpha value is -2.03. The van der Waals surface area contributed by atoms with Crippen LogP contribution in [0.2, 0.25) is 0 Å². The lowest BCUT2D eigenvalue weighted by atomic mass is 10.1.